The van der Waals surface area contributed by atoms with Gasteiger partial charge in [0, 0.05) is 31.6 Å². The molecule has 0 aromatic carbocycles. The predicted molar refractivity (Wildman–Crippen MR) is 87.6 cm³/mol. The largest absolute Gasteiger partial charge is 0.391 e. The molecule has 1 heterocycles. The van der Waals surface area contributed by atoms with Gasteiger partial charge in [0.2, 0.25) is 5.91 Å². The van der Waals surface area contributed by atoms with E-state index < -0.39 is 0 Å². The third-order valence-corrected chi connectivity index (χ3v) is 6.06. The van der Waals surface area contributed by atoms with Crippen molar-refractivity contribution in [1.82, 2.24) is 10.2 Å². The number of likely N-dealkylation sites (tertiary alicyclic amines) is 1. The van der Waals surface area contributed by atoms with E-state index in [1.807, 2.05) is 0 Å². The quantitative estimate of drug-likeness (QED) is 0.820. The van der Waals surface area contributed by atoms with Gasteiger partial charge in [0.25, 0.3) is 0 Å². The van der Waals surface area contributed by atoms with Crippen molar-refractivity contribution in [3.63, 3.8) is 0 Å². The first-order valence-corrected chi connectivity index (χ1v) is 9.44. The molecule has 0 aromatic heterocycles. The van der Waals surface area contributed by atoms with Gasteiger partial charge in [-0.3, -0.25) is 9.69 Å². The Morgan fingerprint density at radius 1 is 1.00 bits per heavy atom. The zero-order valence-corrected chi connectivity index (χ0v) is 13.8. The highest BCUT2D eigenvalue weighted by atomic mass is 16.3. The molecule has 4 heteroatoms. The SMILES string of the molecule is O=C(CCC1CCC1)NC1CCN(C2CCCCC2O)CC1. The van der Waals surface area contributed by atoms with Crippen molar-refractivity contribution in [2.75, 3.05) is 13.1 Å². The molecule has 1 amide bonds. The number of aliphatic hydroxyl groups is 1. The highest BCUT2D eigenvalue weighted by Crippen LogP contribution is 2.30. The van der Waals surface area contributed by atoms with E-state index in [0.29, 0.717) is 18.5 Å². The third kappa shape index (κ3) is 4.23. The fourth-order valence-corrected chi connectivity index (χ4v) is 4.31. The number of amides is 1. The van der Waals surface area contributed by atoms with Gasteiger partial charge >= 0.3 is 0 Å². The number of nitrogens with one attached hydrogen (secondary N) is 1. The summed E-state index contributed by atoms with van der Waals surface area (Å²) in [5.74, 6) is 1.07. The molecular formula is C18H32N2O2. The van der Waals surface area contributed by atoms with Crippen LogP contribution in [0.2, 0.25) is 0 Å². The Morgan fingerprint density at radius 3 is 2.36 bits per heavy atom. The topological polar surface area (TPSA) is 52.6 Å². The Balaban J connectivity index is 1.35. The molecule has 2 unspecified atom stereocenters. The van der Waals surface area contributed by atoms with Crippen LogP contribution in [0, 0.1) is 5.92 Å². The van der Waals surface area contributed by atoms with Crippen LogP contribution in [0.25, 0.3) is 0 Å². The second-order valence-electron chi connectivity index (χ2n) is 7.63. The average molecular weight is 308 g/mol. The van der Waals surface area contributed by atoms with Crippen LogP contribution in [0.4, 0.5) is 0 Å². The number of carbonyl (C=O) groups excluding carboxylic acids is 1. The smallest absolute Gasteiger partial charge is 0.220 e. The number of nitrogens with zero attached hydrogens (tertiary/aromatic N) is 1. The molecular weight excluding hydrogens is 276 g/mol. The van der Waals surface area contributed by atoms with Gasteiger partial charge in [-0.15, -0.1) is 0 Å². The number of hydrogen-bond donors (Lipinski definition) is 2. The summed E-state index contributed by atoms with van der Waals surface area (Å²) in [6.07, 6.45) is 12.3. The lowest BCUT2D eigenvalue weighted by Crippen LogP contribution is -2.52. The Bertz CT molecular complexity index is 362. The van der Waals surface area contributed by atoms with Crippen LogP contribution in [-0.4, -0.2) is 47.2 Å². The van der Waals surface area contributed by atoms with E-state index in [2.05, 4.69) is 10.2 Å². The lowest BCUT2D eigenvalue weighted by Gasteiger charge is -2.41. The van der Waals surface area contributed by atoms with Crippen LogP contribution in [0.3, 0.4) is 0 Å². The third-order valence-electron chi connectivity index (χ3n) is 6.06. The van der Waals surface area contributed by atoms with E-state index in [-0.39, 0.29) is 12.0 Å². The summed E-state index contributed by atoms with van der Waals surface area (Å²) in [6.45, 7) is 2.05. The molecule has 2 N–H and O–H groups in total. The zero-order chi connectivity index (χ0) is 15.4. The van der Waals surface area contributed by atoms with Crippen molar-refractivity contribution in [2.24, 2.45) is 5.92 Å². The van der Waals surface area contributed by atoms with Gasteiger partial charge in [-0.05, 0) is 38.0 Å². The number of piperidine rings is 1. The van der Waals surface area contributed by atoms with Crippen LogP contribution in [0.5, 0.6) is 0 Å². The Kier molecular flexibility index (Phi) is 5.75. The van der Waals surface area contributed by atoms with Crippen LogP contribution in [-0.2, 0) is 4.79 Å². The Labute approximate surface area is 134 Å². The molecule has 2 saturated carbocycles. The molecule has 126 valence electrons. The predicted octanol–water partition coefficient (Wildman–Crippen LogP) is 2.45. The Hall–Kier alpha value is -0.610. The average Bonchev–Trinajstić information content (AvgIpc) is 2.47. The molecule has 22 heavy (non-hydrogen) atoms. The van der Waals surface area contributed by atoms with Gasteiger partial charge in [-0.1, -0.05) is 32.1 Å². The first-order chi connectivity index (χ1) is 10.7. The molecule has 3 rings (SSSR count). The first kappa shape index (κ1) is 16.3. The molecule has 1 saturated heterocycles. The fraction of sp³-hybridized carbons (Fsp3) is 0.944. The summed E-state index contributed by atoms with van der Waals surface area (Å²) in [5.41, 5.74) is 0. The monoisotopic (exact) mass is 308 g/mol. The molecule has 0 bridgehead atoms. The normalized spacial score (nSPS) is 31.7. The number of aliphatic hydroxyl groups excluding tert-OH is 1. The summed E-state index contributed by atoms with van der Waals surface area (Å²) in [5, 5.41) is 13.4. The van der Waals surface area contributed by atoms with E-state index >= 15 is 0 Å². The highest BCUT2D eigenvalue weighted by molar-refractivity contribution is 5.76. The van der Waals surface area contributed by atoms with Gasteiger partial charge < -0.3 is 10.4 Å². The minimum Gasteiger partial charge on any atom is -0.391 e. The van der Waals surface area contributed by atoms with Crippen molar-refractivity contribution in [1.29, 1.82) is 0 Å². The van der Waals surface area contributed by atoms with Crippen molar-refractivity contribution < 1.29 is 9.90 Å². The maximum absolute atomic E-state index is 12.0. The second-order valence-corrected chi connectivity index (χ2v) is 7.63. The molecule has 4 nitrogen and oxygen atoms in total. The molecule has 3 aliphatic rings. The van der Waals surface area contributed by atoms with Crippen molar-refractivity contribution in [2.45, 2.75) is 88.8 Å². The molecule has 0 radical (unpaired) electrons. The maximum atomic E-state index is 12.0. The number of hydrogen-bond acceptors (Lipinski definition) is 3. The van der Waals surface area contributed by atoms with Crippen LogP contribution in [0.1, 0.15) is 70.6 Å². The zero-order valence-electron chi connectivity index (χ0n) is 13.8. The van der Waals surface area contributed by atoms with Gasteiger partial charge in [0.15, 0.2) is 0 Å². The molecule has 3 fully saturated rings. The van der Waals surface area contributed by atoms with E-state index in [1.165, 1.54) is 32.1 Å². The van der Waals surface area contributed by atoms with E-state index in [1.54, 1.807) is 0 Å². The van der Waals surface area contributed by atoms with Crippen LogP contribution in [0.15, 0.2) is 0 Å². The molecule has 2 atom stereocenters. The van der Waals surface area contributed by atoms with Crippen molar-refractivity contribution in [3.8, 4) is 0 Å². The lowest BCUT2D eigenvalue weighted by molar-refractivity contribution is -0.122. The van der Waals surface area contributed by atoms with E-state index in [9.17, 15) is 9.90 Å². The number of carbonyl (C=O) groups is 1. The molecule has 0 aromatic rings. The number of rotatable bonds is 5. The van der Waals surface area contributed by atoms with Gasteiger partial charge in [-0.2, -0.15) is 0 Å². The summed E-state index contributed by atoms with van der Waals surface area (Å²) in [6, 6.07) is 0.717. The Morgan fingerprint density at radius 2 is 1.73 bits per heavy atom. The second kappa shape index (κ2) is 7.78. The summed E-state index contributed by atoms with van der Waals surface area (Å²) in [4.78, 5) is 14.5. The molecule has 1 aliphatic heterocycles. The van der Waals surface area contributed by atoms with Crippen molar-refractivity contribution in [3.05, 3.63) is 0 Å². The van der Waals surface area contributed by atoms with Crippen LogP contribution < -0.4 is 5.32 Å². The summed E-state index contributed by atoms with van der Waals surface area (Å²) in [7, 11) is 0. The fourth-order valence-electron chi connectivity index (χ4n) is 4.31. The van der Waals surface area contributed by atoms with E-state index in [0.717, 1.165) is 51.1 Å². The maximum Gasteiger partial charge on any atom is 0.220 e. The summed E-state index contributed by atoms with van der Waals surface area (Å²) >= 11 is 0. The van der Waals surface area contributed by atoms with Gasteiger partial charge in [-0.25, -0.2) is 0 Å². The van der Waals surface area contributed by atoms with Gasteiger partial charge in [0.1, 0.15) is 0 Å². The lowest BCUT2D eigenvalue weighted by atomic mass is 9.82. The standard InChI is InChI=1S/C18H32N2O2/c21-17-7-2-1-6-16(17)20-12-10-15(11-13-20)19-18(22)9-8-14-4-3-5-14/h14-17,21H,1-13H2,(H,19,22). The molecule has 0 spiro atoms. The minimum absolute atomic E-state index is 0.137. The minimum atomic E-state index is -0.137. The molecule has 2 aliphatic carbocycles. The first-order valence-electron chi connectivity index (χ1n) is 9.44. The van der Waals surface area contributed by atoms with Crippen LogP contribution >= 0.6 is 0 Å². The van der Waals surface area contributed by atoms with E-state index in [4.69, 9.17) is 0 Å². The summed E-state index contributed by atoms with van der Waals surface area (Å²) < 4.78 is 0. The van der Waals surface area contributed by atoms with Gasteiger partial charge in [0.05, 0.1) is 6.10 Å². The highest BCUT2D eigenvalue weighted by Gasteiger charge is 2.31. The van der Waals surface area contributed by atoms with Crippen molar-refractivity contribution >= 4 is 5.91 Å².